The predicted molar refractivity (Wildman–Crippen MR) is 105 cm³/mol. The molecule has 0 atom stereocenters. The van der Waals surface area contributed by atoms with Crippen molar-refractivity contribution in [3.05, 3.63) is 51.4 Å². The van der Waals surface area contributed by atoms with E-state index in [1.807, 2.05) is 13.8 Å². The van der Waals surface area contributed by atoms with E-state index in [0.717, 1.165) is 0 Å². The first-order valence-corrected chi connectivity index (χ1v) is 8.79. The molecule has 0 aliphatic rings. The van der Waals surface area contributed by atoms with Crippen LogP contribution in [0.5, 0.6) is 11.5 Å². The number of benzene rings is 2. The number of carbonyl (C=O) groups excluding carboxylic acids is 1. The molecular weight excluding hydrogens is 370 g/mol. The Morgan fingerprint density at radius 3 is 2.63 bits per heavy atom. The van der Waals surface area contributed by atoms with E-state index in [1.165, 1.54) is 13.2 Å². The summed E-state index contributed by atoms with van der Waals surface area (Å²) >= 11 is 6.30. The van der Waals surface area contributed by atoms with Crippen LogP contribution in [-0.2, 0) is 0 Å². The Balaban J connectivity index is 1.84. The molecule has 7 nitrogen and oxygen atoms in total. The number of ether oxygens (including phenoxy) is 2. The maximum absolute atomic E-state index is 12.6. The topological polar surface area (TPSA) is 96.2 Å². The van der Waals surface area contributed by atoms with Gasteiger partial charge in [0.15, 0.2) is 11.5 Å². The van der Waals surface area contributed by atoms with Crippen molar-refractivity contribution in [3.63, 3.8) is 0 Å². The van der Waals surface area contributed by atoms with E-state index in [-0.39, 0.29) is 11.6 Å². The molecular formula is C19H20ClN3O4. The molecule has 3 rings (SSSR count). The first kappa shape index (κ1) is 18.8. The first-order chi connectivity index (χ1) is 12.9. The van der Waals surface area contributed by atoms with Crippen LogP contribution in [0.25, 0.3) is 11.0 Å². The molecule has 8 heteroatoms. The van der Waals surface area contributed by atoms with Crippen LogP contribution in [0, 0.1) is 5.92 Å². The van der Waals surface area contributed by atoms with Gasteiger partial charge in [0.1, 0.15) is 0 Å². The van der Waals surface area contributed by atoms with Crippen LogP contribution in [0.1, 0.15) is 24.2 Å². The molecule has 0 spiro atoms. The number of amides is 1. The van der Waals surface area contributed by atoms with Crippen LogP contribution in [0.3, 0.4) is 0 Å². The van der Waals surface area contributed by atoms with Crippen LogP contribution in [0.2, 0.25) is 5.02 Å². The number of H-pyrrole nitrogens is 2. The third-order valence-corrected chi connectivity index (χ3v) is 4.11. The highest BCUT2D eigenvalue weighted by atomic mass is 35.5. The second-order valence-electron chi connectivity index (χ2n) is 6.49. The van der Waals surface area contributed by atoms with E-state index in [9.17, 15) is 9.59 Å². The molecule has 3 aromatic rings. The van der Waals surface area contributed by atoms with Gasteiger partial charge in [0.25, 0.3) is 5.91 Å². The van der Waals surface area contributed by atoms with Crippen molar-refractivity contribution in [2.24, 2.45) is 5.92 Å². The quantitative estimate of drug-likeness (QED) is 0.597. The van der Waals surface area contributed by atoms with Crippen LogP contribution in [0.15, 0.2) is 35.1 Å². The average Bonchev–Trinajstić information content (AvgIpc) is 2.99. The Bertz CT molecular complexity index is 1040. The Hall–Kier alpha value is -2.93. The van der Waals surface area contributed by atoms with Crippen molar-refractivity contribution in [2.75, 3.05) is 19.0 Å². The van der Waals surface area contributed by atoms with Crippen molar-refractivity contribution in [1.29, 1.82) is 0 Å². The summed E-state index contributed by atoms with van der Waals surface area (Å²) in [5.41, 5.74) is 1.83. The van der Waals surface area contributed by atoms with Crippen molar-refractivity contribution < 1.29 is 14.3 Å². The zero-order chi connectivity index (χ0) is 19.6. The molecule has 3 N–H and O–H groups in total. The second-order valence-corrected chi connectivity index (χ2v) is 6.90. The van der Waals surface area contributed by atoms with Gasteiger partial charge in [-0.15, -0.1) is 0 Å². The molecule has 1 heterocycles. The SMILES string of the molecule is COc1cc(C(=O)Nc2ccc3[nH]c(=O)[nH]c3c2)cc(Cl)c1OCC(C)C. The summed E-state index contributed by atoms with van der Waals surface area (Å²) in [5, 5.41) is 3.07. The summed E-state index contributed by atoms with van der Waals surface area (Å²) in [5.74, 6) is 0.765. The van der Waals surface area contributed by atoms with Crippen molar-refractivity contribution in [1.82, 2.24) is 9.97 Å². The molecule has 27 heavy (non-hydrogen) atoms. The molecule has 0 saturated carbocycles. The zero-order valence-electron chi connectivity index (χ0n) is 15.2. The van der Waals surface area contributed by atoms with Gasteiger partial charge in [-0.3, -0.25) is 4.79 Å². The fraction of sp³-hybridized carbons (Fsp3) is 0.263. The van der Waals surface area contributed by atoms with Gasteiger partial charge >= 0.3 is 5.69 Å². The van der Waals surface area contributed by atoms with Gasteiger partial charge in [-0.05, 0) is 36.2 Å². The van der Waals surface area contributed by atoms with E-state index in [0.29, 0.717) is 51.3 Å². The summed E-state index contributed by atoms with van der Waals surface area (Å²) in [6.45, 7) is 4.53. The predicted octanol–water partition coefficient (Wildman–Crippen LogP) is 3.81. The molecule has 0 unspecified atom stereocenters. The van der Waals surface area contributed by atoms with Crippen LogP contribution in [-0.4, -0.2) is 29.6 Å². The molecule has 0 radical (unpaired) electrons. The maximum Gasteiger partial charge on any atom is 0.323 e. The normalized spacial score (nSPS) is 11.0. The van der Waals surface area contributed by atoms with Crippen LogP contribution < -0.4 is 20.5 Å². The van der Waals surface area contributed by atoms with Gasteiger partial charge in [0.05, 0.1) is 29.8 Å². The fourth-order valence-electron chi connectivity index (χ4n) is 2.55. The number of imidazole rings is 1. The third kappa shape index (κ3) is 4.25. The number of nitrogens with one attached hydrogen (secondary N) is 3. The summed E-state index contributed by atoms with van der Waals surface area (Å²) in [4.78, 5) is 29.2. The Labute approximate surface area is 160 Å². The smallest absolute Gasteiger partial charge is 0.323 e. The van der Waals surface area contributed by atoms with Gasteiger partial charge in [-0.1, -0.05) is 25.4 Å². The van der Waals surface area contributed by atoms with Crippen LogP contribution in [0.4, 0.5) is 5.69 Å². The lowest BCUT2D eigenvalue weighted by Gasteiger charge is -2.15. The van der Waals surface area contributed by atoms with Crippen LogP contribution >= 0.6 is 11.6 Å². The Kier molecular flexibility index (Phi) is 5.41. The van der Waals surface area contributed by atoms with Gasteiger partial charge in [0.2, 0.25) is 0 Å². The number of carbonyl (C=O) groups is 1. The Morgan fingerprint density at radius 1 is 1.19 bits per heavy atom. The molecule has 0 saturated heterocycles. The Morgan fingerprint density at radius 2 is 1.93 bits per heavy atom. The second kappa shape index (κ2) is 7.75. The molecule has 0 aliphatic carbocycles. The molecule has 1 aromatic heterocycles. The monoisotopic (exact) mass is 389 g/mol. The zero-order valence-corrected chi connectivity index (χ0v) is 15.9. The van der Waals surface area contributed by atoms with E-state index in [2.05, 4.69) is 15.3 Å². The fourth-order valence-corrected chi connectivity index (χ4v) is 2.82. The van der Waals surface area contributed by atoms with Crippen molar-refractivity contribution in [2.45, 2.75) is 13.8 Å². The van der Waals surface area contributed by atoms with Crippen molar-refractivity contribution >= 4 is 34.2 Å². The number of halogens is 1. The summed E-state index contributed by atoms with van der Waals surface area (Å²) < 4.78 is 11.0. The first-order valence-electron chi connectivity index (χ1n) is 8.41. The molecule has 0 fully saturated rings. The molecule has 142 valence electrons. The largest absolute Gasteiger partial charge is 0.493 e. The highest BCUT2D eigenvalue weighted by molar-refractivity contribution is 6.32. The van der Waals surface area contributed by atoms with E-state index >= 15 is 0 Å². The lowest BCUT2D eigenvalue weighted by molar-refractivity contribution is 0.102. The van der Waals surface area contributed by atoms with E-state index in [1.54, 1.807) is 24.3 Å². The summed E-state index contributed by atoms with van der Waals surface area (Å²) in [6, 6.07) is 8.19. The number of methoxy groups -OCH3 is 1. The average molecular weight is 390 g/mol. The molecule has 0 bridgehead atoms. The minimum absolute atomic E-state index is 0.297. The number of anilines is 1. The highest BCUT2D eigenvalue weighted by Crippen LogP contribution is 2.37. The summed E-state index contributed by atoms with van der Waals surface area (Å²) in [7, 11) is 1.49. The minimum Gasteiger partial charge on any atom is -0.493 e. The standard InChI is InChI=1S/C19H20ClN3O4/c1-10(2)9-27-17-13(20)6-11(7-16(17)26-3)18(24)21-12-4-5-14-15(8-12)23-19(25)22-14/h4-8,10H,9H2,1-3H3,(H,21,24)(H2,22,23,25). The third-order valence-electron chi connectivity index (χ3n) is 3.83. The van der Waals surface area contributed by atoms with E-state index in [4.69, 9.17) is 21.1 Å². The number of hydrogen-bond donors (Lipinski definition) is 3. The van der Waals surface area contributed by atoms with Gasteiger partial charge in [0, 0.05) is 11.3 Å². The minimum atomic E-state index is -0.358. The van der Waals surface area contributed by atoms with Crippen molar-refractivity contribution in [3.8, 4) is 11.5 Å². The lowest BCUT2D eigenvalue weighted by Crippen LogP contribution is -2.13. The number of aromatic amines is 2. The summed E-state index contributed by atoms with van der Waals surface area (Å²) in [6.07, 6.45) is 0. The number of rotatable bonds is 6. The molecule has 1 amide bonds. The van der Waals surface area contributed by atoms with Gasteiger partial charge in [-0.2, -0.15) is 0 Å². The lowest BCUT2D eigenvalue weighted by atomic mass is 10.1. The number of hydrogen-bond acceptors (Lipinski definition) is 4. The number of fused-ring (bicyclic) bond motifs is 1. The molecule has 2 aromatic carbocycles. The van der Waals surface area contributed by atoms with Gasteiger partial charge < -0.3 is 24.8 Å². The van der Waals surface area contributed by atoms with Gasteiger partial charge in [-0.25, -0.2) is 4.79 Å². The highest BCUT2D eigenvalue weighted by Gasteiger charge is 2.17. The maximum atomic E-state index is 12.6. The van der Waals surface area contributed by atoms with E-state index < -0.39 is 0 Å². The number of aromatic nitrogens is 2. The molecule has 0 aliphatic heterocycles.